The summed E-state index contributed by atoms with van der Waals surface area (Å²) in [7, 11) is 0. The minimum Gasteiger partial charge on any atom is -0.341 e. The van der Waals surface area contributed by atoms with E-state index in [9.17, 15) is 4.79 Å². The van der Waals surface area contributed by atoms with E-state index in [0.29, 0.717) is 5.91 Å². The van der Waals surface area contributed by atoms with E-state index in [1.807, 2.05) is 4.90 Å². The molecule has 3 heteroatoms. The maximum atomic E-state index is 11.9. The highest BCUT2D eigenvalue weighted by molar-refractivity contribution is 5.83. The fourth-order valence-electron chi connectivity index (χ4n) is 2.20. The van der Waals surface area contributed by atoms with Crippen LogP contribution in [0.2, 0.25) is 0 Å². The van der Waals surface area contributed by atoms with Crippen molar-refractivity contribution in [3.05, 3.63) is 0 Å². The first kappa shape index (κ1) is 13.5. The third kappa shape index (κ3) is 4.12. The Balaban J connectivity index is 2.17. The minimum absolute atomic E-state index is 0.103. The van der Waals surface area contributed by atoms with Crippen molar-refractivity contribution >= 4 is 5.91 Å². The van der Waals surface area contributed by atoms with E-state index in [4.69, 9.17) is 0 Å². The number of hydrogen-bond acceptors (Lipinski definition) is 2. The minimum atomic E-state index is 0.103. The molecule has 1 rings (SSSR count). The average molecular weight is 226 g/mol. The van der Waals surface area contributed by atoms with Crippen molar-refractivity contribution in [2.45, 2.75) is 58.4 Å². The summed E-state index contributed by atoms with van der Waals surface area (Å²) in [6.07, 6.45) is 7.06. The van der Waals surface area contributed by atoms with Crippen molar-refractivity contribution in [3.63, 3.8) is 0 Å². The molecule has 1 amide bonds. The van der Waals surface area contributed by atoms with Crippen LogP contribution in [0.5, 0.6) is 0 Å². The number of nitrogens with one attached hydrogen (secondary N) is 1. The zero-order valence-corrected chi connectivity index (χ0v) is 10.8. The molecule has 0 aliphatic carbocycles. The molecule has 0 saturated carbocycles. The van der Waals surface area contributed by atoms with Crippen LogP contribution in [0.4, 0.5) is 0 Å². The summed E-state index contributed by atoms with van der Waals surface area (Å²) in [5.41, 5.74) is 0. The number of rotatable bonds is 8. The van der Waals surface area contributed by atoms with Crippen molar-refractivity contribution in [3.8, 4) is 0 Å². The average Bonchev–Trinajstić information content (AvgIpc) is 2.64. The maximum absolute atomic E-state index is 11.9. The number of amides is 1. The zero-order chi connectivity index (χ0) is 11.8. The first-order valence-electron chi connectivity index (χ1n) is 6.81. The Morgan fingerprint density at radius 3 is 2.75 bits per heavy atom. The third-order valence-corrected chi connectivity index (χ3v) is 3.22. The molecule has 0 aromatic carbocycles. The van der Waals surface area contributed by atoms with E-state index < -0.39 is 0 Å². The van der Waals surface area contributed by atoms with Crippen molar-refractivity contribution in [2.75, 3.05) is 19.6 Å². The summed E-state index contributed by atoms with van der Waals surface area (Å²) >= 11 is 0. The lowest BCUT2D eigenvalue weighted by Gasteiger charge is -2.16. The van der Waals surface area contributed by atoms with Crippen LogP contribution >= 0.6 is 0 Å². The lowest BCUT2D eigenvalue weighted by Crippen LogP contribution is -2.38. The molecule has 0 aromatic rings. The molecule has 0 aromatic heterocycles. The lowest BCUT2D eigenvalue weighted by atomic mass is 10.2. The SMILES string of the molecule is CCCCCCN1CCC(NCCC)C1=O. The van der Waals surface area contributed by atoms with Crippen LogP contribution in [0, 0.1) is 0 Å². The molecule has 94 valence electrons. The number of likely N-dealkylation sites (tertiary alicyclic amines) is 1. The van der Waals surface area contributed by atoms with Gasteiger partial charge in [-0.1, -0.05) is 33.1 Å². The van der Waals surface area contributed by atoms with Crippen LogP contribution in [0.25, 0.3) is 0 Å². The molecule has 1 aliphatic heterocycles. The standard InChI is InChI=1S/C13H26N2O/c1-3-5-6-7-10-15-11-8-12(13(15)16)14-9-4-2/h12,14H,3-11H2,1-2H3. The van der Waals surface area contributed by atoms with Gasteiger partial charge in [-0.2, -0.15) is 0 Å². The highest BCUT2D eigenvalue weighted by Crippen LogP contribution is 2.12. The van der Waals surface area contributed by atoms with Crippen LogP contribution in [0.3, 0.4) is 0 Å². The summed E-state index contributed by atoms with van der Waals surface area (Å²) in [5, 5.41) is 3.32. The second-order valence-electron chi connectivity index (χ2n) is 4.68. The van der Waals surface area contributed by atoms with Crippen LogP contribution in [-0.4, -0.2) is 36.5 Å². The Bertz CT molecular complexity index is 206. The van der Waals surface area contributed by atoms with E-state index in [2.05, 4.69) is 19.2 Å². The highest BCUT2D eigenvalue weighted by Gasteiger charge is 2.30. The molecule has 1 fully saturated rings. The maximum Gasteiger partial charge on any atom is 0.239 e. The first-order valence-corrected chi connectivity index (χ1v) is 6.81. The molecule has 0 radical (unpaired) electrons. The van der Waals surface area contributed by atoms with Crippen molar-refractivity contribution in [1.29, 1.82) is 0 Å². The Hall–Kier alpha value is -0.570. The molecule has 16 heavy (non-hydrogen) atoms. The summed E-state index contributed by atoms with van der Waals surface area (Å²) in [6.45, 7) is 7.22. The quantitative estimate of drug-likeness (QED) is 0.643. The first-order chi connectivity index (χ1) is 7.79. The fraction of sp³-hybridized carbons (Fsp3) is 0.923. The van der Waals surface area contributed by atoms with Gasteiger partial charge in [0.15, 0.2) is 0 Å². The Morgan fingerprint density at radius 1 is 1.25 bits per heavy atom. The van der Waals surface area contributed by atoms with Crippen molar-refractivity contribution in [1.82, 2.24) is 10.2 Å². The number of nitrogens with zero attached hydrogens (tertiary/aromatic N) is 1. The molecule has 3 nitrogen and oxygen atoms in total. The van der Waals surface area contributed by atoms with Gasteiger partial charge in [0, 0.05) is 13.1 Å². The van der Waals surface area contributed by atoms with Gasteiger partial charge in [-0.25, -0.2) is 0 Å². The van der Waals surface area contributed by atoms with Gasteiger partial charge in [-0.05, 0) is 25.8 Å². The Kier molecular flexibility index (Phi) is 6.46. The lowest BCUT2D eigenvalue weighted by molar-refractivity contribution is -0.129. The molecule has 1 heterocycles. The monoisotopic (exact) mass is 226 g/mol. The van der Waals surface area contributed by atoms with E-state index in [1.54, 1.807) is 0 Å². The molecule has 1 saturated heterocycles. The number of unbranched alkanes of at least 4 members (excludes halogenated alkanes) is 3. The molecule has 1 unspecified atom stereocenters. The van der Waals surface area contributed by atoms with Crippen LogP contribution in [0.1, 0.15) is 52.4 Å². The fourth-order valence-corrected chi connectivity index (χ4v) is 2.20. The predicted molar refractivity (Wildman–Crippen MR) is 67.4 cm³/mol. The second-order valence-corrected chi connectivity index (χ2v) is 4.68. The smallest absolute Gasteiger partial charge is 0.239 e. The van der Waals surface area contributed by atoms with Gasteiger partial charge >= 0.3 is 0 Å². The molecule has 1 atom stereocenters. The van der Waals surface area contributed by atoms with Gasteiger partial charge < -0.3 is 10.2 Å². The normalized spacial score (nSPS) is 20.8. The third-order valence-electron chi connectivity index (χ3n) is 3.22. The van der Waals surface area contributed by atoms with Crippen LogP contribution < -0.4 is 5.32 Å². The Labute approximate surface area is 99.6 Å². The van der Waals surface area contributed by atoms with Crippen molar-refractivity contribution in [2.24, 2.45) is 0 Å². The summed E-state index contributed by atoms with van der Waals surface area (Å²) < 4.78 is 0. The molecule has 1 aliphatic rings. The van der Waals surface area contributed by atoms with E-state index in [0.717, 1.165) is 32.5 Å². The molecule has 0 bridgehead atoms. The van der Waals surface area contributed by atoms with Gasteiger partial charge in [-0.3, -0.25) is 4.79 Å². The summed E-state index contributed by atoms with van der Waals surface area (Å²) in [5.74, 6) is 0.324. The van der Waals surface area contributed by atoms with E-state index >= 15 is 0 Å². The topological polar surface area (TPSA) is 32.3 Å². The van der Waals surface area contributed by atoms with E-state index in [-0.39, 0.29) is 6.04 Å². The summed E-state index contributed by atoms with van der Waals surface area (Å²) in [4.78, 5) is 14.0. The zero-order valence-electron chi connectivity index (χ0n) is 10.8. The van der Waals surface area contributed by atoms with Gasteiger partial charge in [0.1, 0.15) is 0 Å². The highest BCUT2D eigenvalue weighted by atomic mass is 16.2. The second kappa shape index (κ2) is 7.66. The van der Waals surface area contributed by atoms with E-state index in [1.165, 1.54) is 25.7 Å². The number of carbonyl (C=O) groups excluding carboxylic acids is 1. The van der Waals surface area contributed by atoms with Crippen LogP contribution in [0.15, 0.2) is 0 Å². The summed E-state index contributed by atoms with van der Waals surface area (Å²) in [6, 6.07) is 0.103. The number of carbonyl (C=O) groups is 1. The molecule has 1 N–H and O–H groups in total. The van der Waals surface area contributed by atoms with Gasteiger partial charge in [0.05, 0.1) is 6.04 Å². The van der Waals surface area contributed by atoms with Crippen LogP contribution in [-0.2, 0) is 4.79 Å². The Morgan fingerprint density at radius 2 is 2.06 bits per heavy atom. The van der Waals surface area contributed by atoms with Gasteiger partial charge in [-0.15, -0.1) is 0 Å². The predicted octanol–water partition coefficient (Wildman–Crippen LogP) is 2.17. The van der Waals surface area contributed by atoms with Gasteiger partial charge in [0.2, 0.25) is 5.91 Å². The molecule has 0 spiro atoms. The largest absolute Gasteiger partial charge is 0.341 e. The number of hydrogen-bond donors (Lipinski definition) is 1. The molecular weight excluding hydrogens is 200 g/mol. The molecular formula is C13H26N2O. The van der Waals surface area contributed by atoms with Gasteiger partial charge in [0.25, 0.3) is 0 Å². The van der Waals surface area contributed by atoms with Crippen molar-refractivity contribution < 1.29 is 4.79 Å².